The van der Waals surface area contributed by atoms with E-state index in [0.29, 0.717) is 0 Å². The molecule has 0 spiro atoms. The first-order valence-corrected chi connectivity index (χ1v) is 5.01. The van der Waals surface area contributed by atoms with Gasteiger partial charge in [0.05, 0.1) is 5.69 Å². The topological polar surface area (TPSA) is 24.9 Å². The minimum atomic E-state index is 0.882. The van der Waals surface area contributed by atoms with Gasteiger partial charge in [-0.1, -0.05) is 0 Å². The number of pyridine rings is 1. The van der Waals surface area contributed by atoms with Crippen molar-refractivity contribution in [3.05, 3.63) is 29.1 Å². The predicted molar refractivity (Wildman–Crippen MR) is 53.6 cm³/mol. The van der Waals surface area contributed by atoms with Crippen LogP contribution in [0.25, 0.3) is 0 Å². The molecule has 0 aromatic carbocycles. The van der Waals surface area contributed by atoms with E-state index in [-0.39, 0.29) is 0 Å². The van der Waals surface area contributed by atoms with Crippen LogP contribution in [0.3, 0.4) is 0 Å². The standard InChI is InChI=1S/C11H16N2/c1-12-8-11-6-9-4-2-3-5-10(9)7-13-11/h6-7,12H,2-5,8H2,1H3. The van der Waals surface area contributed by atoms with Crippen molar-refractivity contribution in [1.82, 2.24) is 10.3 Å². The molecule has 0 saturated heterocycles. The van der Waals surface area contributed by atoms with E-state index in [1.54, 1.807) is 0 Å². The lowest BCUT2D eigenvalue weighted by Gasteiger charge is -2.15. The third kappa shape index (κ3) is 1.89. The number of hydrogen-bond acceptors (Lipinski definition) is 2. The fraction of sp³-hybridized carbons (Fsp3) is 0.545. The number of nitrogens with zero attached hydrogens (tertiary/aromatic N) is 1. The number of hydrogen-bond donors (Lipinski definition) is 1. The maximum Gasteiger partial charge on any atom is 0.0544 e. The molecule has 0 bridgehead atoms. The molecule has 0 amide bonds. The summed E-state index contributed by atoms with van der Waals surface area (Å²) in [6, 6.07) is 2.25. The molecule has 1 aliphatic rings. The van der Waals surface area contributed by atoms with Crippen molar-refractivity contribution in [1.29, 1.82) is 0 Å². The van der Waals surface area contributed by atoms with Gasteiger partial charge in [-0.15, -0.1) is 0 Å². The van der Waals surface area contributed by atoms with Crippen molar-refractivity contribution < 1.29 is 0 Å². The van der Waals surface area contributed by atoms with Gasteiger partial charge in [0.25, 0.3) is 0 Å². The van der Waals surface area contributed by atoms with Gasteiger partial charge >= 0.3 is 0 Å². The Morgan fingerprint density at radius 2 is 2.08 bits per heavy atom. The van der Waals surface area contributed by atoms with Crippen molar-refractivity contribution in [2.75, 3.05) is 7.05 Å². The molecule has 70 valence electrons. The van der Waals surface area contributed by atoms with Crippen LogP contribution in [0, 0.1) is 0 Å². The second-order valence-corrected chi connectivity index (χ2v) is 3.68. The molecule has 2 rings (SSSR count). The fourth-order valence-corrected chi connectivity index (χ4v) is 1.94. The minimum Gasteiger partial charge on any atom is -0.314 e. The molecule has 0 unspecified atom stereocenters. The fourth-order valence-electron chi connectivity index (χ4n) is 1.94. The quantitative estimate of drug-likeness (QED) is 0.741. The maximum absolute atomic E-state index is 4.42. The third-order valence-electron chi connectivity index (χ3n) is 2.64. The maximum atomic E-state index is 4.42. The van der Waals surface area contributed by atoms with E-state index in [2.05, 4.69) is 22.6 Å². The second-order valence-electron chi connectivity index (χ2n) is 3.68. The van der Waals surface area contributed by atoms with Crippen molar-refractivity contribution >= 4 is 0 Å². The van der Waals surface area contributed by atoms with Gasteiger partial charge in [-0.25, -0.2) is 0 Å². The largest absolute Gasteiger partial charge is 0.314 e. The summed E-state index contributed by atoms with van der Waals surface area (Å²) in [6.07, 6.45) is 7.20. The zero-order valence-corrected chi connectivity index (χ0v) is 8.14. The summed E-state index contributed by atoms with van der Waals surface area (Å²) in [5.41, 5.74) is 4.15. The Bertz CT molecular complexity index is 294. The molecule has 1 heterocycles. The van der Waals surface area contributed by atoms with Gasteiger partial charge < -0.3 is 5.32 Å². The van der Waals surface area contributed by atoms with E-state index in [4.69, 9.17) is 0 Å². The number of fused-ring (bicyclic) bond motifs is 1. The third-order valence-corrected chi connectivity index (χ3v) is 2.64. The zero-order valence-electron chi connectivity index (χ0n) is 8.14. The summed E-state index contributed by atoms with van der Waals surface area (Å²) in [4.78, 5) is 4.42. The Hall–Kier alpha value is -0.890. The first-order chi connectivity index (χ1) is 6.40. The van der Waals surface area contributed by atoms with Crippen LogP contribution in [0.15, 0.2) is 12.3 Å². The van der Waals surface area contributed by atoms with Gasteiger partial charge in [0.2, 0.25) is 0 Å². The molecule has 0 atom stereocenters. The highest BCUT2D eigenvalue weighted by molar-refractivity contribution is 5.28. The van der Waals surface area contributed by atoms with Crippen molar-refractivity contribution in [3.63, 3.8) is 0 Å². The van der Waals surface area contributed by atoms with Crippen LogP contribution in [0.2, 0.25) is 0 Å². The van der Waals surface area contributed by atoms with Gasteiger partial charge in [-0.05, 0) is 49.9 Å². The number of aromatic nitrogens is 1. The average molecular weight is 176 g/mol. The lowest BCUT2D eigenvalue weighted by Crippen LogP contribution is -2.10. The van der Waals surface area contributed by atoms with Gasteiger partial charge in [0.1, 0.15) is 0 Å². The Morgan fingerprint density at radius 3 is 2.85 bits per heavy atom. The van der Waals surface area contributed by atoms with Gasteiger partial charge in [0.15, 0.2) is 0 Å². The average Bonchev–Trinajstić information content (AvgIpc) is 2.18. The summed E-state index contributed by atoms with van der Waals surface area (Å²) >= 11 is 0. The molecule has 1 aromatic heterocycles. The van der Waals surface area contributed by atoms with Crippen LogP contribution in [-0.2, 0) is 19.4 Å². The van der Waals surface area contributed by atoms with Crippen LogP contribution in [0.4, 0.5) is 0 Å². The number of nitrogens with one attached hydrogen (secondary N) is 1. The van der Waals surface area contributed by atoms with Gasteiger partial charge in [0, 0.05) is 12.7 Å². The first kappa shape index (κ1) is 8.70. The molecular formula is C11H16N2. The van der Waals surface area contributed by atoms with Gasteiger partial charge in [-0.2, -0.15) is 0 Å². The first-order valence-electron chi connectivity index (χ1n) is 5.01. The van der Waals surface area contributed by atoms with Gasteiger partial charge in [-0.3, -0.25) is 4.98 Å². The predicted octanol–water partition coefficient (Wildman–Crippen LogP) is 1.68. The van der Waals surface area contributed by atoms with Crippen LogP contribution in [-0.4, -0.2) is 12.0 Å². The Kier molecular flexibility index (Phi) is 2.60. The SMILES string of the molecule is CNCc1cc2c(cn1)CCCC2. The van der Waals surface area contributed by atoms with E-state index in [9.17, 15) is 0 Å². The Balaban J connectivity index is 2.24. The highest BCUT2D eigenvalue weighted by atomic mass is 14.8. The molecule has 1 aliphatic carbocycles. The molecular weight excluding hydrogens is 160 g/mol. The molecule has 2 heteroatoms. The van der Waals surface area contributed by atoms with Crippen molar-refractivity contribution in [3.8, 4) is 0 Å². The summed E-state index contributed by atoms with van der Waals surface area (Å²) in [7, 11) is 1.96. The Labute approximate surface area is 79.4 Å². The Morgan fingerprint density at radius 1 is 1.31 bits per heavy atom. The highest BCUT2D eigenvalue weighted by Gasteiger charge is 2.09. The molecule has 0 aliphatic heterocycles. The van der Waals surface area contributed by atoms with Crippen LogP contribution in [0.1, 0.15) is 29.7 Å². The van der Waals surface area contributed by atoms with Crippen LogP contribution >= 0.6 is 0 Å². The lowest BCUT2D eigenvalue weighted by atomic mass is 9.93. The number of aryl methyl sites for hydroxylation is 2. The van der Waals surface area contributed by atoms with Crippen molar-refractivity contribution in [2.45, 2.75) is 32.2 Å². The lowest BCUT2D eigenvalue weighted by molar-refractivity contribution is 0.675. The van der Waals surface area contributed by atoms with E-state index in [1.807, 2.05) is 7.05 Å². The molecule has 0 saturated carbocycles. The van der Waals surface area contributed by atoms with Crippen LogP contribution < -0.4 is 5.32 Å². The molecule has 2 nitrogen and oxygen atoms in total. The molecule has 0 fully saturated rings. The van der Waals surface area contributed by atoms with E-state index >= 15 is 0 Å². The number of rotatable bonds is 2. The monoisotopic (exact) mass is 176 g/mol. The van der Waals surface area contributed by atoms with Crippen LogP contribution in [0.5, 0.6) is 0 Å². The molecule has 1 aromatic rings. The molecule has 1 N–H and O–H groups in total. The van der Waals surface area contributed by atoms with Crippen molar-refractivity contribution in [2.24, 2.45) is 0 Å². The summed E-state index contributed by atoms with van der Waals surface area (Å²) < 4.78 is 0. The second kappa shape index (κ2) is 3.88. The summed E-state index contributed by atoms with van der Waals surface area (Å²) in [5, 5.41) is 3.13. The van der Waals surface area contributed by atoms with E-state index < -0.39 is 0 Å². The smallest absolute Gasteiger partial charge is 0.0544 e. The minimum absolute atomic E-state index is 0.882. The summed E-state index contributed by atoms with van der Waals surface area (Å²) in [5.74, 6) is 0. The highest BCUT2D eigenvalue weighted by Crippen LogP contribution is 2.20. The van der Waals surface area contributed by atoms with E-state index in [1.165, 1.54) is 42.5 Å². The normalized spacial score (nSPS) is 15.5. The van der Waals surface area contributed by atoms with E-state index in [0.717, 1.165) is 6.54 Å². The molecule has 13 heavy (non-hydrogen) atoms. The zero-order chi connectivity index (χ0) is 9.10. The summed E-state index contributed by atoms with van der Waals surface area (Å²) in [6.45, 7) is 0.882. The molecule has 0 radical (unpaired) electrons.